The van der Waals surface area contributed by atoms with Crippen molar-refractivity contribution in [3.63, 3.8) is 0 Å². The molecule has 1 fully saturated rings. The first-order valence-electron chi connectivity index (χ1n) is 8.22. The molecule has 1 heterocycles. The molecule has 2 atom stereocenters. The first-order chi connectivity index (χ1) is 9.39. The van der Waals surface area contributed by atoms with E-state index in [1.54, 1.807) is 0 Å². The first-order valence-corrected chi connectivity index (χ1v) is 8.22. The summed E-state index contributed by atoms with van der Waals surface area (Å²) in [5.41, 5.74) is 7.80. The van der Waals surface area contributed by atoms with Crippen LogP contribution in [0.25, 0.3) is 0 Å². The van der Waals surface area contributed by atoms with E-state index >= 15 is 0 Å². The van der Waals surface area contributed by atoms with Gasteiger partial charge in [-0.05, 0) is 51.0 Å². The van der Waals surface area contributed by atoms with Gasteiger partial charge in [-0.15, -0.1) is 0 Å². The van der Waals surface area contributed by atoms with Gasteiger partial charge in [0.25, 0.3) is 0 Å². The summed E-state index contributed by atoms with van der Waals surface area (Å²) < 4.78 is 2.03. The summed E-state index contributed by atoms with van der Waals surface area (Å²) in [6, 6.07) is 2.57. The third-order valence-corrected chi connectivity index (χ3v) is 4.93. The molecule has 1 aromatic rings. The smallest absolute Gasteiger partial charge is 0.0643 e. The second-order valence-electron chi connectivity index (χ2n) is 7.35. The van der Waals surface area contributed by atoms with Gasteiger partial charge in [0.2, 0.25) is 0 Å². The molecule has 3 nitrogen and oxygen atoms in total. The van der Waals surface area contributed by atoms with Crippen molar-refractivity contribution in [2.75, 3.05) is 0 Å². The summed E-state index contributed by atoms with van der Waals surface area (Å²) in [5.74, 6) is 1.64. The molecule has 0 bridgehead atoms. The molecule has 0 saturated heterocycles. The Hall–Kier alpha value is -0.830. The van der Waals surface area contributed by atoms with Gasteiger partial charge in [0, 0.05) is 24.2 Å². The zero-order valence-electron chi connectivity index (χ0n) is 13.6. The molecular weight excluding hydrogens is 246 g/mol. The lowest BCUT2D eigenvalue weighted by molar-refractivity contribution is 0.320. The van der Waals surface area contributed by atoms with E-state index in [0.717, 1.165) is 36.8 Å². The highest BCUT2D eigenvalue weighted by Crippen LogP contribution is 2.34. The van der Waals surface area contributed by atoms with Gasteiger partial charge in [-0.2, -0.15) is 5.10 Å². The molecule has 2 unspecified atom stereocenters. The Morgan fingerprint density at radius 3 is 2.65 bits per heavy atom. The van der Waals surface area contributed by atoms with Crippen LogP contribution in [0, 0.1) is 11.8 Å². The molecular formula is C17H31N3. The van der Waals surface area contributed by atoms with Crippen LogP contribution >= 0.6 is 0 Å². The predicted octanol–water partition coefficient (Wildman–Crippen LogP) is 3.94. The van der Waals surface area contributed by atoms with Crippen LogP contribution < -0.4 is 5.73 Å². The molecule has 1 aromatic heterocycles. The monoisotopic (exact) mass is 277 g/mol. The van der Waals surface area contributed by atoms with E-state index in [0.29, 0.717) is 6.04 Å². The molecule has 0 spiro atoms. The number of rotatable bonds is 4. The number of nitrogens with two attached hydrogens (primary N) is 1. The topological polar surface area (TPSA) is 43.8 Å². The van der Waals surface area contributed by atoms with Crippen molar-refractivity contribution in [2.45, 2.75) is 77.8 Å². The molecule has 2 rings (SSSR count). The van der Waals surface area contributed by atoms with E-state index in [1.807, 2.05) is 4.68 Å². The molecule has 0 amide bonds. The van der Waals surface area contributed by atoms with Crippen molar-refractivity contribution in [2.24, 2.45) is 17.6 Å². The van der Waals surface area contributed by atoms with Crippen LogP contribution in [0.2, 0.25) is 0 Å². The highest BCUT2D eigenvalue weighted by Gasteiger charge is 2.31. The van der Waals surface area contributed by atoms with E-state index in [4.69, 9.17) is 5.73 Å². The Morgan fingerprint density at radius 1 is 1.30 bits per heavy atom. The maximum Gasteiger partial charge on any atom is 0.0643 e. The van der Waals surface area contributed by atoms with Crippen LogP contribution in [0.3, 0.4) is 0 Å². The van der Waals surface area contributed by atoms with Crippen LogP contribution in [-0.2, 0) is 6.42 Å². The van der Waals surface area contributed by atoms with Gasteiger partial charge >= 0.3 is 0 Å². The van der Waals surface area contributed by atoms with Gasteiger partial charge in [-0.25, -0.2) is 0 Å². The average Bonchev–Trinajstić information content (AvgIpc) is 2.72. The fourth-order valence-corrected chi connectivity index (χ4v) is 3.42. The lowest BCUT2D eigenvalue weighted by atomic mass is 9.84. The molecule has 1 saturated carbocycles. The van der Waals surface area contributed by atoms with Crippen molar-refractivity contribution < 1.29 is 0 Å². The van der Waals surface area contributed by atoms with Gasteiger partial charge in [0.05, 0.1) is 5.69 Å². The Balaban J connectivity index is 1.99. The Kier molecular flexibility index (Phi) is 4.90. The minimum atomic E-state index is -0.0419. The fourth-order valence-electron chi connectivity index (χ4n) is 3.42. The molecule has 3 heteroatoms. The van der Waals surface area contributed by atoms with Gasteiger partial charge in [0.1, 0.15) is 0 Å². The van der Waals surface area contributed by atoms with Crippen LogP contribution in [0.15, 0.2) is 12.3 Å². The third kappa shape index (κ3) is 3.85. The standard InChI is InChI=1S/C17H31N3/c1-13(2)15-6-5-9-17(18,10-7-15)12-16-8-11-20(19-16)14(3)4/h8,11,13-15H,5-7,9-10,12,18H2,1-4H3. The minimum Gasteiger partial charge on any atom is -0.325 e. The van der Waals surface area contributed by atoms with Crippen LogP contribution in [0.5, 0.6) is 0 Å². The van der Waals surface area contributed by atoms with Crippen LogP contribution in [0.1, 0.15) is 71.5 Å². The number of hydrogen-bond donors (Lipinski definition) is 1. The van der Waals surface area contributed by atoms with E-state index in [1.165, 1.54) is 19.3 Å². The molecule has 20 heavy (non-hydrogen) atoms. The molecule has 2 N–H and O–H groups in total. The van der Waals surface area contributed by atoms with E-state index in [2.05, 4.69) is 45.1 Å². The average molecular weight is 277 g/mol. The number of hydrogen-bond acceptors (Lipinski definition) is 2. The zero-order chi connectivity index (χ0) is 14.8. The quantitative estimate of drug-likeness (QED) is 0.847. The van der Waals surface area contributed by atoms with E-state index in [-0.39, 0.29) is 5.54 Å². The lowest BCUT2D eigenvalue weighted by Crippen LogP contribution is -2.41. The van der Waals surface area contributed by atoms with Crippen molar-refractivity contribution in [3.8, 4) is 0 Å². The summed E-state index contributed by atoms with van der Waals surface area (Å²) in [6.45, 7) is 9.01. The first kappa shape index (κ1) is 15.6. The summed E-state index contributed by atoms with van der Waals surface area (Å²) in [7, 11) is 0. The highest BCUT2D eigenvalue weighted by molar-refractivity contribution is 5.06. The summed E-state index contributed by atoms with van der Waals surface area (Å²) in [5, 5.41) is 4.67. The molecule has 0 radical (unpaired) electrons. The van der Waals surface area contributed by atoms with Crippen molar-refractivity contribution in [1.82, 2.24) is 9.78 Å². The largest absolute Gasteiger partial charge is 0.325 e. The van der Waals surface area contributed by atoms with Crippen LogP contribution in [0.4, 0.5) is 0 Å². The van der Waals surface area contributed by atoms with E-state index in [9.17, 15) is 0 Å². The fraction of sp³-hybridized carbons (Fsp3) is 0.824. The van der Waals surface area contributed by atoms with Crippen LogP contribution in [-0.4, -0.2) is 15.3 Å². The second-order valence-corrected chi connectivity index (χ2v) is 7.35. The van der Waals surface area contributed by atoms with E-state index < -0.39 is 0 Å². The summed E-state index contributed by atoms with van der Waals surface area (Å²) in [6.07, 6.45) is 9.18. The lowest BCUT2D eigenvalue weighted by Gasteiger charge is -2.27. The highest BCUT2D eigenvalue weighted by atomic mass is 15.3. The van der Waals surface area contributed by atoms with Crippen molar-refractivity contribution in [1.29, 1.82) is 0 Å². The Bertz CT molecular complexity index is 422. The predicted molar refractivity (Wildman–Crippen MR) is 84.6 cm³/mol. The number of nitrogens with zero attached hydrogens (tertiary/aromatic N) is 2. The molecule has 0 aromatic carbocycles. The molecule has 114 valence electrons. The summed E-state index contributed by atoms with van der Waals surface area (Å²) >= 11 is 0. The maximum atomic E-state index is 6.69. The molecule has 0 aliphatic heterocycles. The summed E-state index contributed by atoms with van der Waals surface area (Å²) in [4.78, 5) is 0. The van der Waals surface area contributed by atoms with Gasteiger partial charge in [-0.1, -0.05) is 26.7 Å². The van der Waals surface area contributed by atoms with Gasteiger partial charge in [0.15, 0.2) is 0 Å². The normalized spacial score (nSPS) is 28.1. The maximum absolute atomic E-state index is 6.69. The zero-order valence-corrected chi connectivity index (χ0v) is 13.6. The molecule has 1 aliphatic carbocycles. The number of aromatic nitrogens is 2. The third-order valence-electron chi connectivity index (χ3n) is 4.93. The SMILES string of the molecule is CC(C)C1CCCC(N)(Cc2ccn(C(C)C)n2)CC1. The van der Waals surface area contributed by atoms with Crippen molar-refractivity contribution in [3.05, 3.63) is 18.0 Å². The molecule has 1 aliphatic rings. The second kappa shape index (κ2) is 6.30. The minimum absolute atomic E-state index is 0.0419. The van der Waals surface area contributed by atoms with Gasteiger partial charge in [-0.3, -0.25) is 4.68 Å². The van der Waals surface area contributed by atoms with Crippen molar-refractivity contribution >= 4 is 0 Å². The van der Waals surface area contributed by atoms with Gasteiger partial charge < -0.3 is 5.73 Å². The Morgan fingerprint density at radius 2 is 2.05 bits per heavy atom. The Labute approximate surface area is 123 Å².